The van der Waals surface area contributed by atoms with Crippen molar-refractivity contribution in [3.8, 4) is 5.75 Å². The van der Waals surface area contributed by atoms with Crippen molar-refractivity contribution in [2.45, 2.75) is 26.2 Å². The second-order valence-electron chi connectivity index (χ2n) is 6.23. The summed E-state index contributed by atoms with van der Waals surface area (Å²) >= 11 is 2.88. The summed E-state index contributed by atoms with van der Waals surface area (Å²) in [5, 5.41) is 10.3. The molecule has 3 rings (SSSR count). The molecule has 1 N–H and O–H groups in total. The van der Waals surface area contributed by atoms with Crippen LogP contribution in [0, 0.1) is 6.92 Å². The van der Waals surface area contributed by atoms with Gasteiger partial charge in [-0.3, -0.25) is 14.2 Å². The highest BCUT2D eigenvalue weighted by atomic mass is 79.9. The molecule has 0 atom stereocenters. The molecule has 154 valence electrons. The number of hydrogen-bond donors (Lipinski definition) is 1. The summed E-state index contributed by atoms with van der Waals surface area (Å²) in [7, 11) is 1.58. The Morgan fingerprint density at radius 3 is 2.76 bits per heavy atom. The van der Waals surface area contributed by atoms with Gasteiger partial charge in [0, 0.05) is 6.20 Å². The van der Waals surface area contributed by atoms with Crippen molar-refractivity contribution < 1.29 is 22.7 Å². The molecule has 0 saturated carbocycles. The maximum Gasteiger partial charge on any atom is 0.436 e. The van der Waals surface area contributed by atoms with Crippen molar-refractivity contribution >= 4 is 27.5 Å². The van der Waals surface area contributed by atoms with Crippen LogP contribution >= 0.6 is 15.9 Å². The van der Waals surface area contributed by atoms with Gasteiger partial charge in [-0.05, 0) is 40.5 Å². The Labute approximate surface area is 172 Å². The van der Waals surface area contributed by atoms with Gasteiger partial charge < -0.3 is 10.1 Å². The fourth-order valence-corrected chi connectivity index (χ4v) is 3.18. The van der Waals surface area contributed by atoms with Gasteiger partial charge in [0.2, 0.25) is 5.91 Å². The van der Waals surface area contributed by atoms with Gasteiger partial charge in [0.05, 0.1) is 35.7 Å². The normalized spacial score (nSPS) is 11.5. The van der Waals surface area contributed by atoms with Gasteiger partial charge in [0.25, 0.3) is 0 Å². The number of amides is 1. The number of aromatic nitrogens is 4. The second kappa shape index (κ2) is 8.27. The van der Waals surface area contributed by atoms with Crippen molar-refractivity contribution in [1.82, 2.24) is 19.6 Å². The Morgan fingerprint density at radius 1 is 1.34 bits per heavy atom. The number of ether oxygens (including phenoxy) is 1. The van der Waals surface area contributed by atoms with Crippen LogP contribution in [0.5, 0.6) is 5.75 Å². The molecule has 1 aromatic carbocycles. The molecule has 0 bridgehead atoms. The molecule has 0 aliphatic carbocycles. The molecule has 2 aromatic heterocycles. The quantitative estimate of drug-likeness (QED) is 0.592. The average Bonchev–Trinajstić information content (AvgIpc) is 3.20. The van der Waals surface area contributed by atoms with Crippen LogP contribution in [0.1, 0.15) is 17.0 Å². The van der Waals surface area contributed by atoms with Gasteiger partial charge in [-0.15, -0.1) is 0 Å². The smallest absolute Gasteiger partial charge is 0.436 e. The zero-order valence-corrected chi connectivity index (χ0v) is 17.1. The lowest BCUT2D eigenvalue weighted by molar-refractivity contribution is -0.142. The number of carbonyl (C=O) groups is 1. The van der Waals surface area contributed by atoms with E-state index in [4.69, 9.17) is 4.74 Å². The van der Waals surface area contributed by atoms with E-state index >= 15 is 0 Å². The number of nitrogens with one attached hydrogen (secondary N) is 1. The number of alkyl halides is 3. The molecule has 29 heavy (non-hydrogen) atoms. The molecule has 0 saturated heterocycles. The lowest BCUT2D eigenvalue weighted by Crippen LogP contribution is -2.20. The zero-order valence-electron chi connectivity index (χ0n) is 15.5. The van der Waals surface area contributed by atoms with Crippen molar-refractivity contribution in [1.29, 1.82) is 0 Å². The van der Waals surface area contributed by atoms with Gasteiger partial charge in [-0.2, -0.15) is 23.4 Å². The second-order valence-corrected chi connectivity index (χ2v) is 7.02. The molecule has 0 radical (unpaired) electrons. The van der Waals surface area contributed by atoms with Crippen molar-refractivity contribution in [2.75, 3.05) is 12.4 Å². The summed E-state index contributed by atoms with van der Waals surface area (Å²) in [6.45, 7) is 1.56. The predicted octanol–water partition coefficient (Wildman–Crippen LogP) is 3.86. The van der Waals surface area contributed by atoms with Crippen LogP contribution in [0.2, 0.25) is 0 Å². The molecule has 0 aliphatic rings. The largest absolute Gasteiger partial charge is 0.497 e. The predicted molar refractivity (Wildman–Crippen MR) is 103 cm³/mol. The zero-order chi connectivity index (χ0) is 21.2. The van der Waals surface area contributed by atoms with E-state index in [0.29, 0.717) is 12.2 Å². The molecule has 1 amide bonds. The summed E-state index contributed by atoms with van der Waals surface area (Å²) in [6, 6.07) is 7.48. The molecule has 0 unspecified atom stereocenters. The lowest BCUT2D eigenvalue weighted by Gasteiger charge is -2.06. The summed E-state index contributed by atoms with van der Waals surface area (Å²) < 4.78 is 46.4. The number of halogens is 4. The highest BCUT2D eigenvalue weighted by molar-refractivity contribution is 9.10. The van der Waals surface area contributed by atoms with Gasteiger partial charge >= 0.3 is 6.18 Å². The minimum absolute atomic E-state index is 0.177. The Balaban J connectivity index is 1.65. The Bertz CT molecular complexity index is 1030. The summed E-state index contributed by atoms with van der Waals surface area (Å²) in [5.41, 5.74) is 0.537. The number of anilines is 1. The van der Waals surface area contributed by atoms with Gasteiger partial charge in [0.15, 0.2) is 5.69 Å². The molecule has 0 aliphatic heterocycles. The van der Waals surface area contributed by atoms with Gasteiger partial charge in [0.1, 0.15) is 12.3 Å². The molecule has 0 fully saturated rings. The third-order valence-electron chi connectivity index (χ3n) is 4.09. The van der Waals surface area contributed by atoms with E-state index in [-0.39, 0.29) is 16.7 Å². The molecule has 0 spiro atoms. The van der Waals surface area contributed by atoms with Crippen molar-refractivity contribution in [3.63, 3.8) is 0 Å². The van der Waals surface area contributed by atoms with E-state index in [9.17, 15) is 18.0 Å². The number of rotatable bonds is 6. The summed E-state index contributed by atoms with van der Waals surface area (Å²) in [5.74, 6) is 0.208. The van der Waals surface area contributed by atoms with E-state index < -0.39 is 17.8 Å². The van der Waals surface area contributed by atoms with Crippen LogP contribution in [0.15, 0.2) is 41.1 Å². The number of nitrogens with zero attached hydrogens (tertiary/aromatic N) is 4. The Kier molecular flexibility index (Phi) is 5.96. The first-order chi connectivity index (χ1) is 13.7. The highest BCUT2D eigenvalue weighted by Crippen LogP contribution is 2.35. The van der Waals surface area contributed by atoms with Crippen molar-refractivity contribution in [3.05, 3.63) is 58.1 Å². The third-order valence-corrected chi connectivity index (χ3v) is 5.04. The maximum atomic E-state index is 12.9. The van der Waals surface area contributed by atoms with Crippen LogP contribution in [0.3, 0.4) is 0 Å². The van der Waals surface area contributed by atoms with Gasteiger partial charge in [-0.25, -0.2) is 0 Å². The molecular formula is C18H17BrF3N5O2. The SMILES string of the molecule is COc1cccc(Cn2cc(NC(=O)Cn3nc(C(F)(F)F)c(Br)c3C)cn2)c1. The minimum Gasteiger partial charge on any atom is -0.497 e. The van der Waals surface area contributed by atoms with Crippen LogP contribution in [0.25, 0.3) is 0 Å². The molecule has 7 nitrogen and oxygen atoms in total. The summed E-state index contributed by atoms with van der Waals surface area (Å²) in [6.07, 6.45) is -1.51. The average molecular weight is 472 g/mol. The van der Waals surface area contributed by atoms with E-state index in [1.54, 1.807) is 18.0 Å². The van der Waals surface area contributed by atoms with Crippen LogP contribution in [-0.2, 0) is 24.1 Å². The molecule has 2 heterocycles. The van der Waals surface area contributed by atoms with Crippen LogP contribution < -0.4 is 10.1 Å². The first kappa shape index (κ1) is 20.9. The van der Waals surface area contributed by atoms with Crippen LogP contribution in [0.4, 0.5) is 18.9 Å². The maximum absolute atomic E-state index is 12.9. The Morgan fingerprint density at radius 2 is 2.10 bits per heavy atom. The third kappa shape index (κ3) is 4.97. The number of benzene rings is 1. The van der Waals surface area contributed by atoms with Crippen molar-refractivity contribution in [2.24, 2.45) is 0 Å². The van der Waals surface area contributed by atoms with Crippen LogP contribution in [-0.4, -0.2) is 32.6 Å². The monoisotopic (exact) mass is 471 g/mol. The molecule has 3 aromatic rings. The number of methoxy groups -OCH3 is 1. The van der Waals surface area contributed by atoms with E-state index in [1.165, 1.54) is 13.1 Å². The standard InChI is InChI=1S/C18H17BrF3N5O2/c1-11-16(19)17(18(20,21)22)25-27(11)10-15(28)24-13-7-23-26(9-13)8-12-4-3-5-14(6-12)29-2/h3-7,9H,8,10H2,1-2H3,(H,24,28). The van der Waals surface area contributed by atoms with E-state index in [1.807, 2.05) is 24.3 Å². The fourth-order valence-electron chi connectivity index (χ4n) is 2.67. The number of hydrogen-bond acceptors (Lipinski definition) is 4. The first-order valence-electron chi connectivity index (χ1n) is 8.42. The first-order valence-corrected chi connectivity index (χ1v) is 9.22. The minimum atomic E-state index is -4.60. The topological polar surface area (TPSA) is 74.0 Å². The molecule has 11 heteroatoms. The fraction of sp³-hybridized carbons (Fsp3) is 0.278. The van der Waals surface area contributed by atoms with E-state index in [0.717, 1.165) is 16.0 Å². The lowest BCUT2D eigenvalue weighted by atomic mass is 10.2. The van der Waals surface area contributed by atoms with E-state index in [2.05, 4.69) is 31.4 Å². The number of carbonyl (C=O) groups excluding carboxylic acids is 1. The van der Waals surface area contributed by atoms with Gasteiger partial charge in [-0.1, -0.05) is 12.1 Å². The summed E-state index contributed by atoms with van der Waals surface area (Å²) in [4.78, 5) is 12.2. The highest BCUT2D eigenvalue weighted by Gasteiger charge is 2.38. The molecular weight excluding hydrogens is 455 g/mol. The Hall–Kier alpha value is -2.82.